The molecule has 2 aromatic rings. The van der Waals surface area contributed by atoms with Crippen LogP contribution in [0.2, 0.25) is 0 Å². The van der Waals surface area contributed by atoms with Crippen LogP contribution in [-0.2, 0) is 19.1 Å². The van der Waals surface area contributed by atoms with E-state index in [0.717, 1.165) is 11.1 Å². The first kappa shape index (κ1) is 24.9. The predicted octanol–water partition coefficient (Wildman–Crippen LogP) is 3.89. The zero-order valence-electron chi connectivity index (χ0n) is 19.6. The number of hydrogen-bond donors (Lipinski definition) is 0. The molecule has 172 valence electrons. The number of carbonyl (C=O) groups excluding carboxylic acids is 3. The molecule has 7 nitrogen and oxygen atoms in total. The van der Waals surface area contributed by atoms with Crippen molar-refractivity contribution in [2.24, 2.45) is 11.8 Å². The fourth-order valence-corrected chi connectivity index (χ4v) is 3.97. The first-order valence-corrected chi connectivity index (χ1v) is 10.2. The van der Waals surface area contributed by atoms with E-state index < -0.39 is 29.7 Å². The molecule has 0 aromatic heterocycles. The lowest BCUT2D eigenvalue weighted by Gasteiger charge is -2.29. The van der Waals surface area contributed by atoms with Gasteiger partial charge in [0.15, 0.2) is 23.2 Å². The molecule has 2 atom stereocenters. The summed E-state index contributed by atoms with van der Waals surface area (Å²) in [5.41, 5.74) is 2.93. The Morgan fingerprint density at radius 2 is 1.38 bits per heavy atom. The minimum atomic E-state index is -1.34. The maximum Gasteiger partial charge on any atom is 0.320 e. The summed E-state index contributed by atoms with van der Waals surface area (Å²) >= 11 is 0. The maximum absolute atomic E-state index is 13.5. The quantitative estimate of drug-likeness (QED) is 0.331. The molecule has 7 heteroatoms. The van der Waals surface area contributed by atoms with Crippen molar-refractivity contribution in [3.63, 3.8) is 0 Å². The monoisotopic (exact) mass is 442 g/mol. The standard InChI is InChI=1S/C25H30O7/c1-14-8-10-18(15(2)12-14)23(26)16(3)21(22(24(27)31-6)25(28)32-7)17-9-11-19(29-4)20(13-17)30-5/h8-13,16,21-22H,1-7H3/t16-,21+/m1/s1. The first-order chi connectivity index (χ1) is 15.2. The zero-order valence-corrected chi connectivity index (χ0v) is 19.6. The normalized spacial score (nSPS) is 12.6. The van der Waals surface area contributed by atoms with Gasteiger partial charge in [0.1, 0.15) is 0 Å². The van der Waals surface area contributed by atoms with Gasteiger partial charge in [0.05, 0.1) is 28.4 Å². The number of methoxy groups -OCH3 is 4. The van der Waals surface area contributed by atoms with E-state index in [0.29, 0.717) is 22.6 Å². The Kier molecular flexibility index (Phi) is 8.41. The topological polar surface area (TPSA) is 88.1 Å². The molecular weight excluding hydrogens is 412 g/mol. The average molecular weight is 443 g/mol. The van der Waals surface area contributed by atoms with Crippen molar-refractivity contribution in [1.29, 1.82) is 0 Å². The lowest BCUT2D eigenvalue weighted by atomic mass is 9.74. The smallest absolute Gasteiger partial charge is 0.320 e. The molecule has 0 radical (unpaired) electrons. The molecular formula is C25H30O7. The van der Waals surface area contributed by atoms with Crippen LogP contribution in [-0.4, -0.2) is 46.2 Å². The van der Waals surface area contributed by atoms with Gasteiger partial charge in [0, 0.05) is 17.4 Å². The SMILES string of the molecule is COC(=O)C(C(=O)OC)[C@H](c1ccc(OC)c(OC)c1)[C@@H](C)C(=O)c1ccc(C)cc1C. The summed E-state index contributed by atoms with van der Waals surface area (Å²) in [5, 5.41) is 0. The van der Waals surface area contributed by atoms with Gasteiger partial charge in [0.2, 0.25) is 0 Å². The number of esters is 2. The summed E-state index contributed by atoms with van der Waals surface area (Å²) < 4.78 is 20.5. The van der Waals surface area contributed by atoms with Crippen LogP contribution in [0.4, 0.5) is 0 Å². The van der Waals surface area contributed by atoms with Gasteiger partial charge in [0.25, 0.3) is 0 Å². The number of ketones is 1. The Bertz CT molecular complexity index is 980. The second kappa shape index (κ2) is 10.8. The molecule has 0 bridgehead atoms. The molecule has 2 rings (SSSR count). The van der Waals surface area contributed by atoms with Crippen LogP contribution in [0.1, 0.15) is 39.9 Å². The first-order valence-electron chi connectivity index (χ1n) is 10.2. The summed E-state index contributed by atoms with van der Waals surface area (Å²) in [6.07, 6.45) is 0. The number of aryl methyl sites for hydroxylation is 2. The molecule has 32 heavy (non-hydrogen) atoms. The van der Waals surface area contributed by atoms with Gasteiger partial charge in [-0.3, -0.25) is 14.4 Å². The van der Waals surface area contributed by atoms with Crippen molar-refractivity contribution in [2.75, 3.05) is 28.4 Å². The van der Waals surface area contributed by atoms with Crippen molar-refractivity contribution in [2.45, 2.75) is 26.7 Å². The molecule has 0 fully saturated rings. The van der Waals surface area contributed by atoms with Crippen molar-refractivity contribution in [3.8, 4) is 11.5 Å². The van der Waals surface area contributed by atoms with Gasteiger partial charge >= 0.3 is 11.9 Å². The van der Waals surface area contributed by atoms with Gasteiger partial charge in [-0.2, -0.15) is 0 Å². The molecule has 0 spiro atoms. The van der Waals surface area contributed by atoms with Gasteiger partial charge in [-0.25, -0.2) is 0 Å². The number of hydrogen-bond acceptors (Lipinski definition) is 7. The second-order valence-electron chi connectivity index (χ2n) is 7.64. The predicted molar refractivity (Wildman–Crippen MR) is 119 cm³/mol. The molecule has 2 aromatic carbocycles. The largest absolute Gasteiger partial charge is 0.493 e. The molecule has 0 aliphatic heterocycles. The summed E-state index contributed by atoms with van der Waals surface area (Å²) in [6.45, 7) is 5.50. The molecule has 0 aliphatic carbocycles. The minimum Gasteiger partial charge on any atom is -0.493 e. The van der Waals surface area contributed by atoms with Gasteiger partial charge in [-0.15, -0.1) is 0 Å². The van der Waals surface area contributed by atoms with E-state index in [2.05, 4.69) is 0 Å². The Hall–Kier alpha value is -3.35. The lowest BCUT2D eigenvalue weighted by molar-refractivity contribution is -0.160. The Balaban J connectivity index is 2.67. The highest BCUT2D eigenvalue weighted by Crippen LogP contribution is 2.40. The highest BCUT2D eigenvalue weighted by molar-refractivity contribution is 6.02. The second-order valence-corrected chi connectivity index (χ2v) is 7.64. The number of benzene rings is 2. The fraction of sp³-hybridized carbons (Fsp3) is 0.400. The number of Topliss-reactive ketones (excluding diaryl/α,β-unsaturated/α-hetero) is 1. The van der Waals surface area contributed by atoms with Gasteiger partial charge in [-0.1, -0.05) is 36.8 Å². The van der Waals surface area contributed by atoms with E-state index in [4.69, 9.17) is 18.9 Å². The number of ether oxygens (including phenoxy) is 4. The third kappa shape index (κ3) is 5.10. The van der Waals surface area contributed by atoms with E-state index in [-0.39, 0.29) is 5.78 Å². The summed E-state index contributed by atoms with van der Waals surface area (Å²) in [5.74, 6) is -3.81. The Morgan fingerprint density at radius 1 is 0.781 bits per heavy atom. The Morgan fingerprint density at radius 3 is 1.88 bits per heavy atom. The lowest BCUT2D eigenvalue weighted by Crippen LogP contribution is -2.37. The molecule has 0 aliphatic rings. The van der Waals surface area contributed by atoms with Crippen LogP contribution < -0.4 is 9.47 Å². The van der Waals surface area contributed by atoms with E-state index in [9.17, 15) is 14.4 Å². The van der Waals surface area contributed by atoms with Crippen molar-refractivity contribution < 1.29 is 33.3 Å². The van der Waals surface area contributed by atoms with Crippen LogP contribution in [0.3, 0.4) is 0 Å². The third-order valence-corrected chi connectivity index (χ3v) is 5.66. The van der Waals surface area contributed by atoms with E-state index in [1.807, 2.05) is 26.0 Å². The van der Waals surface area contributed by atoms with E-state index in [1.54, 1.807) is 31.2 Å². The molecule has 0 amide bonds. The van der Waals surface area contributed by atoms with Gasteiger partial charge in [-0.05, 0) is 37.1 Å². The van der Waals surface area contributed by atoms with E-state index in [1.165, 1.54) is 28.4 Å². The summed E-state index contributed by atoms with van der Waals surface area (Å²) in [4.78, 5) is 38.9. The minimum absolute atomic E-state index is 0.194. The molecule has 0 saturated carbocycles. The van der Waals surface area contributed by atoms with Crippen LogP contribution in [0.15, 0.2) is 36.4 Å². The average Bonchev–Trinajstić information content (AvgIpc) is 2.80. The van der Waals surface area contributed by atoms with Crippen molar-refractivity contribution in [1.82, 2.24) is 0 Å². The van der Waals surface area contributed by atoms with Crippen LogP contribution in [0.25, 0.3) is 0 Å². The third-order valence-electron chi connectivity index (χ3n) is 5.66. The zero-order chi connectivity index (χ0) is 24.0. The fourth-order valence-electron chi connectivity index (χ4n) is 3.97. The molecule has 0 N–H and O–H groups in total. The molecule has 0 unspecified atom stereocenters. The summed E-state index contributed by atoms with van der Waals surface area (Å²) in [7, 11) is 5.38. The van der Waals surface area contributed by atoms with Gasteiger partial charge < -0.3 is 18.9 Å². The van der Waals surface area contributed by atoms with Crippen molar-refractivity contribution >= 4 is 17.7 Å². The maximum atomic E-state index is 13.5. The van der Waals surface area contributed by atoms with Crippen LogP contribution in [0.5, 0.6) is 11.5 Å². The highest BCUT2D eigenvalue weighted by Gasteiger charge is 2.43. The number of carbonyl (C=O) groups is 3. The van der Waals surface area contributed by atoms with Crippen LogP contribution in [0, 0.1) is 25.7 Å². The molecule has 0 heterocycles. The van der Waals surface area contributed by atoms with Crippen LogP contribution >= 0.6 is 0 Å². The summed E-state index contributed by atoms with van der Waals surface area (Å²) in [6, 6.07) is 10.6. The Labute approximate surface area is 188 Å². The van der Waals surface area contributed by atoms with Crippen molar-refractivity contribution in [3.05, 3.63) is 58.7 Å². The number of rotatable bonds is 9. The molecule has 0 saturated heterocycles. The van der Waals surface area contributed by atoms with E-state index >= 15 is 0 Å². The highest BCUT2D eigenvalue weighted by atomic mass is 16.5.